The van der Waals surface area contributed by atoms with Gasteiger partial charge in [-0.2, -0.15) is 0 Å². The number of benzene rings is 1. The number of aliphatic carboxylic acids is 1. The van der Waals surface area contributed by atoms with Gasteiger partial charge in [0.2, 0.25) is 5.91 Å². The third-order valence-corrected chi connectivity index (χ3v) is 3.87. The summed E-state index contributed by atoms with van der Waals surface area (Å²) in [6.07, 6.45) is 1.79. The van der Waals surface area contributed by atoms with Crippen LogP contribution in [0.4, 0.5) is 5.69 Å². The summed E-state index contributed by atoms with van der Waals surface area (Å²) in [4.78, 5) is 25.6. The highest BCUT2D eigenvalue weighted by atomic mass is 16.5. The van der Waals surface area contributed by atoms with Crippen molar-refractivity contribution < 1.29 is 19.4 Å². The number of amides is 1. The zero-order valence-electron chi connectivity index (χ0n) is 10.5. The van der Waals surface area contributed by atoms with Gasteiger partial charge in [-0.05, 0) is 24.5 Å². The maximum absolute atomic E-state index is 12.6. The molecule has 100 valence electrons. The second kappa shape index (κ2) is 4.35. The van der Waals surface area contributed by atoms with Crippen molar-refractivity contribution in [3.8, 4) is 0 Å². The molecule has 0 unspecified atom stereocenters. The van der Waals surface area contributed by atoms with Gasteiger partial charge in [0.1, 0.15) is 0 Å². The Kier molecular flexibility index (Phi) is 2.78. The molecule has 0 atom stereocenters. The Bertz CT molecular complexity index is 536. The number of fused-ring (bicyclic) bond motifs is 1. The van der Waals surface area contributed by atoms with Crippen molar-refractivity contribution in [2.75, 3.05) is 24.7 Å². The molecule has 1 aromatic carbocycles. The monoisotopic (exact) mass is 261 g/mol. The van der Waals surface area contributed by atoms with Gasteiger partial charge in [-0.15, -0.1) is 0 Å². The average Bonchev–Trinajstić information content (AvgIpc) is 2.36. The van der Waals surface area contributed by atoms with Crippen LogP contribution in [0.2, 0.25) is 0 Å². The molecule has 19 heavy (non-hydrogen) atoms. The number of hydrogen-bond donors (Lipinski definition) is 1. The number of hydrogen-bond acceptors (Lipinski definition) is 3. The molecule has 5 nitrogen and oxygen atoms in total. The molecule has 0 bridgehead atoms. The molecule has 0 radical (unpaired) electrons. The summed E-state index contributed by atoms with van der Waals surface area (Å²) in [5, 5.41) is 9.31. The van der Waals surface area contributed by atoms with Gasteiger partial charge in [0.05, 0.1) is 13.2 Å². The SMILES string of the molecule is O=C(O)C1(C(=O)N2CCCc3ccccc32)COC1. The largest absolute Gasteiger partial charge is 0.480 e. The number of anilines is 1. The molecule has 5 heteroatoms. The topological polar surface area (TPSA) is 66.8 Å². The summed E-state index contributed by atoms with van der Waals surface area (Å²) >= 11 is 0. The van der Waals surface area contributed by atoms with Crippen molar-refractivity contribution in [3.63, 3.8) is 0 Å². The molecule has 0 aliphatic carbocycles. The van der Waals surface area contributed by atoms with Gasteiger partial charge < -0.3 is 14.7 Å². The van der Waals surface area contributed by atoms with Crippen LogP contribution in [0.3, 0.4) is 0 Å². The number of carbonyl (C=O) groups excluding carboxylic acids is 1. The van der Waals surface area contributed by atoms with Crippen LogP contribution in [0.25, 0.3) is 0 Å². The zero-order valence-corrected chi connectivity index (χ0v) is 10.5. The number of carbonyl (C=O) groups is 2. The molecule has 0 spiro atoms. The van der Waals surface area contributed by atoms with Crippen LogP contribution >= 0.6 is 0 Å². The van der Waals surface area contributed by atoms with Crippen molar-refractivity contribution in [3.05, 3.63) is 29.8 Å². The van der Waals surface area contributed by atoms with E-state index in [0.717, 1.165) is 24.1 Å². The highest BCUT2D eigenvalue weighted by molar-refractivity contribution is 6.11. The lowest BCUT2D eigenvalue weighted by molar-refractivity contribution is -0.184. The second-order valence-corrected chi connectivity index (χ2v) is 5.07. The number of rotatable bonds is 2. The normalized spacial score (nSPS) is 20.3. The van der Waals surface area contributed by atoms with Crippen LogP contribution in [-0.4, -0.2) is 36.7 Å². The van der Waals surface area contributed by atoms with Crippen LogP contribution in [0, 0.1) is 5.41 Å². The Balaban J connectivity index is 1.95. The van der Waals surface area contributed by atoms with E-state index in [0.29, 0.717) is 6.54 Å². The Morgan fingerprint density at radius 2 is 2.00 bits per heavy atom. The number of carboxylic acids is 1. The maximum atomic E-state index is 12.6. The highest BCUT2D eigenvalue weighted by Gasteiger charge is 2.55. The van der Waals surface area contributed by atoms with Crippen LogP contribution in [0.1, 0.15) is 12.0 Å². The Labute approximate surface area is 110 Å². The van der Waals surface area contributed by atoms with Gasteiger partial charge in [0.25, 0.3) is 0 Å². The van der Waals surface area contributed by atoms with Gasteiger partial charge >= 0.3 is 5.97 Å². The number of carboxylic acid groups (broad SMARTS) is 1. The Morgan fingerprint density at radius 1 is 1.26 bits per heavy atom. The lowest BCUT2D eigenvalue weighted by Gasteiger charge is -2.41. The van der Waals surface area contributed by atoms with Crippen LogP contribution < -0.4 is 4.90 Å². The molecule has 2 aliphatic heterocycles. The van der Waals surface area contributed by atoms with Gasteiger partial charge in [-0.1, -0.05) is 18.2 Å². The van der Waals surface area contributed by atoms with E-state index in [4.69, 9.17) is 4.74 Å². The highest BCUT2D eigenvalue weighted by Crippen LogP contribution is 2.35. The average molecular weight is 261 g/mol. The number of aryl methyl sites for hydroxylation is 1. The molecule has 2 aliphatic rings. The Hall–Kier alpha value is -1.88. The maximum Gasteiger partial charge on any atom is 0.324 e. The van der Waals surface area contributed by atoms with Crippen LogP contribution in [0.5, 0.6) is 0 Å². The third kappa shape index (κ3) is 1.73. The molecule has 1 N–H and O–H groups in total. The molecule has 0 aromatic heterocycles. The van der Waals surface area contributed by atoms with Gasteiger partial charge in [0, 0.05) is 12.2 Å². The van der Waals surface area contributed by atoms with E-state index in [9.17, 15) is 14.7 Å². The quantitative estimate of drug-likeness (QED) is 0.809. The number of para-hydroxylation sites is 1. The summed E-state index contributed by atoms with van der Waals surface area (Å²) in [6, 6.07) is 7.67. The first-order valence-electron chi connectivity index (χ1n) is 6.36. The van der Waals surface area contributed by atoms with E-state index in [1.54, 1.807) is 4.90 Å². The summed E-state index contributed by atoms with van der Waals surface area (Å²) in [7, 11) is 0. The lowest BCUT2D eigenvalue weighted by atomic mass is 9.83. The van der Waals surface area contributed by atoms with Gasteiger partial charge in [-0.25, -0.2) is 0 Å². The number of ether oxygens (including phenoxy) is 1. The third-order valence-electron chi connectivity index (χ3n) is 3.87. The molecule has 0 saturated carbocycles. The molecular formula is C14H15NO4. The predicted octanol–water partition coefficient (Wildman–Crippen LogP) is 1.07. The molecule has 1 fully saturated rings. The van der Waals surface area contributed by atoms with Gasteiger partial charge in [-0.3, -0.25) is 9.59 Å². The lowest BCUT2D eigenvalue weighted by Crippen LogP contribution is -2.60. The van der Waals surface area contributed by atoms with Crippen molar-refractivity contribution in [2.24, 2.45) is 5.41 Å². The van der Waals surface area contributed by atoms with Crippen molar-refractivity contribution in [1.82, 2.24) is 0 Å². The van der Waals surface area contributed by atoms with E-state index in [1.807, 2.05) is 24.3 Å². The van der Waals surface area contributed by atoms with Crippen LogP contribution in [-0.2, 0) is 20.7 Å². The zero-order chi connectivity index (χ0) is 13.5. The smallest absolute Gasteiger partial charge is 0.324 e. The van der Waals surface area contributed by atoms with Crippen molar-refractivity contribution >= 4 is 17.6 Å². The standard InChI is InChI=1S/C14H15NO4/c16-12(14(13(17)18)8-19-9-14)15-7-3-5-10-4-1-2-6-11(10)15/h1-2,4,6H,3,5,7-9H2,(H,17,18). The van der Waals surface area contributed by atoms with E-state index < -0.39 is 11.4 Å². The minimum Gasteiger partial charge on any atom is -0.480 e. The molecular weight excluding hydrogens is 246 g/mol. The molecule has 3 rings (SSSR count). The first-order chi connectivity index (χ1) is 9.15. The number of nitrogens with zero attached hydrogens (tertiary/aromatic N) is 1. The molecule has 1 aromatic rings. The Morgan fingerprint density at radius 3 is 2.63 bits per heavy atom. The van der Waals surface area contributed by atoms with E-state index in [-0.39, 0.29) is 19.1 Å². The molecule has 1 saturated heterocycles. The van der Waals surface area contributed by atoms with Gasteiger partial charge in [0.15, 0.2) is 5.41 Å². The first-order valence-corrected chi connectivity index (χ1v) is 6.36. The predicted molar refractivity (Wildman–Crippen MR) is 68.0 cm³/mol. The minimum absolute atomic E-state index is 0.0279. The summed E-state index contributed by atoms with van der Waals surface area (Å²) in [6.45, 7) is 0.518. The van der Waals surface area contributed by atoms with E-state index in [2.05, 4.69) is 0 Å². The minimum atomic E-state index is -1.38. The fourth-order valence-corrected chi connectivity index (χ4v) is 2.65. The fraction of sp³-hybridized carbons (Fsp3) is 0.429. The first kappa shape index (κ1) is 12.2. The summed E-state index contributed by atoms with van der Waals surface area (Å²) < 4.78 is 4.97. The molecule has 1 amide bonds. The van der Waals surface area contributed by atoms with E-state index >= 15 is 0 Å². The van der Waals surface area contributed by atoms with Crippen molar-refractivity contribution in [2.45, 2.75) is 12.8 Å². The summed E-state index contributed by atoms with van der Waals surface area (Å²) in [5.74, 6) is -1.44. The van der Waals surface area contributed by atoms with E-state index in [1.165, 1.54) is 0 Å². The fourth-order valence-electron chi connectivity index (χ4n) is 2.65. The second-order valence-electron chi connectivity index (χ2n) is 5.07. The van der Waals surface area contributed by atoms with Crippen molar-refractivity contribution in [1.29, 1.82) is 0 Å². The molecule has 2 heterocycles. The summed E-state index contributed by atoms with van der Waals surface area (Å²) in [5.41, 5.74) is 0.555. The van der Waals surface area contributed by atoms with Crippen LogP contribution in [0.15, 0.2) is 24.3 Å².